The molecule has 0 bridgehead atoms. The number of carbonyl (C=O) groups excluding carboxylic acids is 3. The number of halogens is 1. The number of para-hydroxylation sites is 1. The van der Waals surface area contributed by atoms with Gasteiger partial charge in [-0.3, -0.25) is 14.5 Å². The SMILES string of the molecule is COc1ccc(N(C(=O)Nc2ccc(F)cc2)C(C)c2nc3ccccc3c(=O)n2N2CCN(C(=O)CCNC(=O)OC(C)C)CC2)c(OC)c1.[HH].[HH]. The molecule has 1 fully saturated rings. The molecule has 0 aliphatic carbocycles. The van der Waals surface area contributed by atoms with E-state index in [1.165, 1.54) is 48.1 Å². The van der Waals surface area contributed by atoms with Gasteiger partial charge in [0.1, 0.15) is 17.3 Å². The number of nitrogens with zero attached hydrogens (tertiary/aromatic N) is 5. The third kappa shape index (κ3) is 8.48. The average Bonchev–Trinajstić information content (AvgIpc) is 3.12. The molecule has 1 saturated heterocycles. The largest absolute Gasteiger partial charge is 0.497 e. The monoisotopic (exact) mass is 707 g/mol. The smallest absolute Gasteiger partial charge is 0.407 e. The Bertz CT molecular complexity index is 1940. The Labute approximate surface area is 297 Å². The van der Waals surface area contributed by atoms with Crippen molar-refractivity contribution in [1.82, 2.24) is 19.9 Å². The summed E-state index contributed by atoms with van der Waals surface area (Å²) in [5.41, 5.74) is 0.817. The van der Waals surface area contributed by atoms with E-state index < -0.39 is 24.0 Å². The molecule has 274 valence electrons. The van der Waals surface area contributed by atoms with E-state index >= 15 is 0 Å². The van der Waals surface area contributed by atoms with Crippen LogP contribution in [-0.2, 0) is 9.53 Å². The number of aromatic nitrogens is 2. The Morgan fingerprint density at radius 3 is 2.33 bits per heavy atom. The Balaban J connectivity index is 0.00000378. The van der Waals surface area contributed by atoms with Gasteiger partial charge in [0.2, 0.25) is 5.91 Å². The number of amides is 4. The van der Waals surface area contributed by atoms with E-state index in [1.54, 1.807) is 68.1 Å². The Kier molecular flexibility index (Phi) is 11.6. The molecular weight excluding hydrogens is 661 g/mol. The minimum Gasteiger partial charge on any atom is -0.497 e. The van der Waals surface area contributed by atoms with E-state index in [4.69, 9.17) is 19.2 Å². The Morgan fingerprint density at radius 2 is 1.67 bits per heavy atom. The van der Waals surface area contributed by atoms with Crippen molar-refractivity contribution in [2.45, 2.75) is 39.3 Å². The second kappa shape index (κ2) is 16.2. The van der Waals surface area contributed by atoms with Crippen LogP contribution in [0.4, 0.5) is 25.4 Å². The molecule has 0 saturated carbocycles. The van der Waals surface area contributed by atoms with Crippen molar-refractivity contribution in [2.75, 3.05) is 62.2 Å². The van der Waals surface area contributed by atoms with Gasteiger partial charge in [-0.25, -0.2) is 23.6 Å². The summed E-state index contributed by atoms with van der Waals surface area (Å²) in [6, 6.07) is 15.9. The number of alkyl carbamates (subject to hydrolysis) is 1. The lowest BCUT2D eigenvalue weighted by atomic mass is 10.1. The van der Waals surface area contributed by atoms with E-state index in [0.29, 0.717) is 60.0 Å². The van der Waals surface area contributed by atoms with Crippen LogP contribution in [-0.4, -0.2) is 85.6 Å². The number of benzene rings is 3. The van der Waals surface area contributed by atoms with Crippen molar-refractivity contribution in [1.29, 1.82) is 0 Å². The fraction of sp³-hybridized carbons (Fsp3) is 0.361. The van der Waals surface area contributed by atoms with E-state index in [1.807, 2.05) is 5.01 Å². The van der Waals surface area contributed by atoms with Crippen molar-refractivity contribution in [2.24, 2.45) is 0 Å². The van der Waals surface area contributed by atoms with Gasteiger partial charge in [0.25, 0.3) is 5.56 Å². The summed E-state index contributed by atoms with van der Waals surface area (Å²) in [6.45, 7) is 6.56. The molecule has 1 aromatic heterocycles. The molecule has 1 aliphatic heterocycles. The third-order valence-corrected chi connectivity index (χ3v) is 8.34. The molecule has 0 radical (unpaired) electrons. The zero-order chi connectivity index (χ0) is 36.7. The number of piperazine rings is 1. The number of ether oxygens (including phenoxy) is 3. The molecule has 2 heterocycles. The average molecular weight is 708 g/mol. The summed E-state index contributed by atoms with van der Waals surface area (Å²) in [6.07, 6.45) is -0.765. The van der Waals surface area contributed by atoms with Crippen LogP contribution in [0.3, 0.4) is 0 Å². The number of hydrogen-bond donors (Lipinski definition) is 2. The first kappa shape index (κ1) is 36.4. The van der Waals surface area contributed by atoms with Crippen molar-refractivity contribution in [3.63, 3.8) is 0 Å². The highest BCUT2D eigenvalue weighted by atomic mass is 19.1. The maximum Gasteiger partial charge on any atom is 0.407 e. The summed E-state index contributed by atoms with van der Waals surface area (Å²) >= 11 is 0. The second-order valence-corrected chi connectivity index (χ2v) is 12.1. The standard InChI is InChI=1S/C36H42FN7O7.2H2/c1-23(2)51-36(48)38-17-16-32(45)41-18-20-42(21-19-41)44-33(40-29-9-7-6-8-28(29)34(44)46)24(3)43(30-15-14-27(49-4)22-31(30)50-5)35(47)39-26-12-10-25(37)11-13-26;;/h6-15,22-24H,16-21H2,1-5H3,(H,38,48)(H,39,47);2*1H. The van der Waals surface area contributed by atoms with Crippen LogP contribution in [0.2, 0.25) is 0 Å². The summed E-state index contributed by atoms with van der Waals surface area (Å²) in [5.74, 6) is 0.487. The van der Waals surface area contributed by atoms with Crippen LogP contribution in [0.1, 0.15) is 41.9 Å². The van der Waals surface area contributed by atoms with Crippen LogP contribution >= 0.6 is 0 Å². The maximum atomic E-state index is 14.3. The molecule has 1 atom stereocenters. The van der Waals surface area contributed by atoms with E-state index in [2.05, 4.69) is 10.6 Å². The predicted octanol–water partition coefficient (Wildman–Crippen LogP) is 5.15. The number of hydrogen-bond acceptors (Lipinski definition) is 9. The lowest BCUT2D eigenvalue weighted by molar-refractivity contribution is -0.131. The summed E-state index contributed by atoms with van der Waals surface area (Å²) in [4.78, 5) is 61.3. The number of carbonyl (C=O) groups is 3. The molecule has 5 rings (SSSR count). The highest BCUT2D eigenvalue weighted by Crippen LogP contribution is 2.37. The molecular formula is C36H46FN7O7. The number of urea groups is 1. The summed E-state index contributed by atoms with van der Waals surface area (Å²) in [7, 11) is 2.99. The minimum absolute atomic E-state index is 0. The van der Waals surface area contributed by atoms with Gasteiger partial charge in [-0.1, -0.05) is 12.1 Å². The van der Waals surface area contributed by atoms with Crippen molar-refractivity contribution >= 4 is 40.3 Å². The van der Waals surface area contributed by atoms with Crippen LogP contribution in [0.25, 0.3) is 10.9 Å². The number of rotatable bonds is 11. The molecule has 14 nitrogen and oxygen atoms in total. The fourth-order valence-electron chi connectivity index (χ4n) is 5.83. The van der Waals surface area contributed by atoms with Gasteiger partial charge in [0.05, 0.1) is 56.0 Å². The molecule has 0 spiro atoms. The van der Waals surface area contributed by atoms with E-state index in [-0.39, 0.29) is 39.2 Å². The zero-order valence-corrected chi connectivity index (χ0v) is 29.2. The Morgan fingerprint density at radius 1 is 0.961 bits per heavy atom. The molecule has 51 heavy (non-hydrogen) atoms. The topological polar surface area (TPSA) is 148 Å². The van der Waals surface area contributed by atoms with Crippen molar-refractivity contribution < 1.29 is 35.8 Å². The van der Waals surface area contributed by atoms with E-state index in [9.17, 15) is 23.6 Å². The van der Waals surface area contributed by atoms with Gasteiger partial charge in [-0.15, -0.1) is 0 Å². The van der Waals surface area contributed by atoms with Crippen LogP contribution in [0, 0.1) is 5.82 Å². The van der Waals surface area contributed by atoms with Crippen LogP contribution in [0.15, 0.2) is 71.5 Å². The molecule has 3 aromatic carbocycles. The number of methoxy groups -OCH3 is 2. The molecule has 4 amide bonds. The van der Waals surface area contributed by atoms with Crippen molar-refractivity contribution in [3.8, 4) is 11.5 Å². The zero-order valence-electron chi connectivity index (χ0n) is 29.2. The van der Waals surface area contributed by atoms with Crippen LogP contribution < -0.4 is 35.6 Å². The summed E-state index contributed by atoms with van der Waals surface area (Å²) in [5, 5.41) is 7.61. The van der Waals surface area contributed by atoms with Gasteiger partial charge in [0.15, 0.2) is 5.82 Å². The lowest BCUT2D eigenvalue weighted by Gasteiger charge is -2.39. The first-order valence-corrected chi connectivity index (χ1v) is 16.6. The van der Waals surface area contributed by atoms with Gasteiger partial charge in [-0.2, -0.15) is 0 Å². The maximum absolute atomic E-state index is 14.3. The second-order valence-electron chi connectivity index (χ2n) is 12.1. The first-order valence-electron chi connectivity index (χ1n) is 16.6. The molecule has 15 heteroatoms. The molecule has 1 aliphatic rings. The van der Waals surface area contributed by atoms with E-state index in [0.717, 1.165) is 0 Å². The fourth-order valence-corrected chi connectivity index (χ4v) is 5.83. The number of anilines is 2. The summed E-state index contributed by atoms with van der Waals surface area (Å²) < 4.78 is 31.3. The lowest BCUT2D eigenvalue weighted by Crippen LogP contribution is -2.57. The van der Waals surface area contributed by atoms with Crippen LogP contribution in [0.5, 0.6) is 11.5 Å². The highest BCUT2D eigenvalue weighted by molar-refractivity contribution is 6.03. The van der Waals surface area contributed by atoms with Gasteiger partial charge in [0, 0.05) is 40.7 Å². The van der Waals surface area contributed by atoms with Gasteiger partial charge >= 0.3 is 12.1 Å². The normalized spacial score (nSPS) is 13.5. The quantitative estimate of drug-likeness (QED) is 0.216. The Hall–Kier alpha value is -5.86. The highest BCUT2D eigenvalue weighted by Gasteiger charge is 2.33. The number of nitrogens with one attached hydrogen (secondary N) is 2. The minimum atomic E-state index is -0.874. The third-order valence-electron chi connectivity index (χ3n) is 8.34. The molecule has 1 unspecified atom stereocenters. The van der Waals surface area contributed by atoms with Crippen molar-refractivity contribution in [3.05, 3.63) is 88.7 Å². The first-order chi connectivity index (χ1) is 24.5. The van der Waals surface area contributed by atoms with Gasteiger partial charge in [-0.05, 0) is 69.3 Å². The molecule has 4 aromatic rings. The predicted molar refractivity (Wildman–Crippen MR) is 195 cm³/mol. The number of fused-ring (bicyclic) bond motifs is 1. The molecule has 2 N–H and O–H groups in total. The van der Waals surface area contributed by atoms with Gasteiger partial charge < -0.3 is 34.8 Å².